The molecule has 0 bridgehead atoms. The second-order valence-corrected chi connectivity index (χ2v) is 8.08. The summed E-state index contributed by atoms with van der Waals surface area (Å²) in [5.74, 6) is 1.80. The molecule has 2 aromatic rings. The van der Waals surface area contributed by atoms with Crippen LogP contribution in [0.2, 0.25) is 0 Å². The Labute approximate surface area is 171 Å². The van der Waals surface area contributed by atoms with Gasteiger partial charge in [0.25, 0.3) is 5.91 Å². The molecule has 1 unspecified atom stereocenters. The summed E-state index contributed by atoms with van der Waals surface area (Å²) < 4.78 is 14.0. The molecule has 2 saturated heterocycles. The van der Waals surface area contributed by atoms with E-state index in [4.69, 9.17) is 0 Å². The molecule has 6 nitrogen and oxygen atoms in total. The highest BCUT2D eigenvalue weighted by molar-refractivity contribution is 5.93. The van der Waals surface area contributed by atoms with E-state index in [0.29, 0.717) is 49.3 Å². The Kier molecular flexibility index (Phi) is 5.65. The summed E-state index contributed by atoms with van der Waals surface area (Å²) in [6, 6.07) is 8.61. The lowest BCUT2D eigenvalue weighted by Crippen LogP contribution is -2.49. The first-order valence-corrected chi connectivity index (χ1v) is 10.4. The number of para-hydroxylation sites is 1. The number of amides is 1. The normalized spacial score (nSPS) is 20.1. The average Bonchev–Trinajstić information content (AvgIpc) is 2.73. The van der Waals surface area contributed by atoms with E-state index in [1.807, 2.05) is 28.9 Å². The number of hydrogen-bond acceptors (Lipinski definition) is 5. The molecule has 0 N–H and O–H groups in total. The quantitative estimate of drug-likeness (QED) is 0.797. The maximum Gasteiger partial charge on any atom is 0.272 e. The van der Waals surface area contributed by atoms with Crippen molar-refractivity contribution in [3.05, 3.63) is 47.7 Å². The summed E-state index contributed by atoms with van der Waals surface area (Å²) in [7, 11) is 0. The lowest BCUT2D eigenvalue weighted by molar-refractivity contribution is 0.0740. The fraction of sp³-hybridized carbons (Fsp3) is 0.500. The maximum atomic E-state index is 14.0. The Morgan fingerprint density at radius 3 is 2.55 bits per heavy atom. The lowest BCUT2D eigenvalue weighted by atomic mass is 10.0. The number of rotatable bonds is 3. The predicted octanol–water partition coefficient (Wildman–Crippen LogP) is 3.12. The molecule has 2 fully saturated rings. The Morgan fingerprint density at radius 2 is 1.83 bits per heavy atom. The molecular weight excluding hydrogens is 369 g/mol. The zero-order chi connectivity index (χ0) is 20.4. The SMILES string of the molecule is Cc1nc(C(=O)N2CCN(c3ccccc3F)CC2)cc(N2CCCC(C)C2)n1. The third kappa shape index (κ3) is 4.33. The van der Waals surface area contributed by atoms with Crippen LogP contribution < -0.4 is 9.80 Å². The molecular formula is C22H28FN5O. The van der Waals surface area contributed by atoms with Crippen LogP contribution in [0.25, 0.3) is 0 Å². The first-order valence-electron chi connectivity index (χ1n) is 10.4. The highest BCUT2D eigenvalue weighted by atomic mass is 19.1. The molecule has 0 spiro atoms. The zero-order valence-electron chi connectivity index (χ0n) is 17.1. The Balaban J connectivity index is 1.45. The molecule has 1 atom stereocenters. The smallest absolute Gasteiger partial charge is 0.272 e. The van der Waals surface area contributed by atoms with Crippen LogP contribution in [0.3, 0.4) is 0 Å². The van der Waals surface area contributed by atoms with E-state index in [1.54, 1.807) is 12.1 Å². The van der Waals surface area contributed by atoms with E-state index in [9.17, 15) is 9.18 Å². The van der Waals surface area contributed by atoms with Gasteiger partial charge in [0.1, 0.15) is 23.2 Å². The lowest BCUT2D eigenvalue weighted by Gasteiger charge is -2.36. The largest absolute Gasteiger partial charge is 0.366 e. The van der Waals surface area contributed by atoms with Gasteiger partial charge in [-0.2, -0.15) is 0 Å². The van der Waals surface area contributed by atoms with Crippen molar-refractivity contribution in [2.75, 3.05) is 49.1 Å². The topological polar surface area (TPSA) is 52.6 Å². The number of halogens is 1. The van der Waals surface area contributed by atoms with Gasteiger partial charge in [-0.05, 0) is 37.8 Å². The minimum atomic E-state index is -0.223. The average molecular weight is 397 g/mol. The third-order valence-electron chi connectivity index (χ3n) is 5.78. The standard InChI is InChI=1S/C22H28FN5O/c1-16-6-5-9-28(15-16)21-14-19(24-17(2)25-21)22(29)27-12-10-26(11-13-27)20-8-4-3-7-18(20)23/h3-4,7-8,14,16H,5-6,9-13,15H2,1-2H3. The molecule has 1 aromatic heterocycles. The van der Waals surface area contributed by atoms with Crippen molar-refractivity contribution in [2.45, 2.75) is 26.7 Å². The Hall–Kier alpha value is -2.70. The van der Waals surface area contributed by atoms with Crippen LogP contribution in [0.15, 0.2) is 30.3 Å². The van der Waals surface area contributed by atoms with Crippen LogP contribution >= 0.6 is 0 Å². The highest BCUT2D eigenvalue weighted by Gasteiger charge is 2.26. The van der Waals surface area contributed by atoms with E-state index in [-0.39, 0.29) is 11.7 Å². The summed E-state index contributed by atoms with van der Waals surface area (Å²) >= 11 is 0. The van der Waals surface area contributed by atoms with Gasteiger partial charge in [-0.1, -0.05) is 19.1 Å². The summed E-state index contributed by atoms with van der Waals surface area (Å²) in [4.78, 5) is 28.1. The first kappa shape index (κ1) is 19.6. The van der Waals surface area contributed by atoms with E-state index < -0.39 is 0 Å². The zero-order valence-corrected chi connectivity index (χ0v) is 17.1. The van der Waals surface area contributed by atoms with Gasteiger partial charge in [0.15, 0.2) is 0 Å². The van der Waals surface area contributed by atoms with Crippen molar-refractivity contribution in [1.82, 2.24) is 14.9 Å². The number of carbonyl (C=O) groups is 1. The van der Waals surface area contributed by atoms with Crippen LogP contribution in [0.4, 0.5) is 15.9 Å². The molecule has 7 heteroatoms. The van der Waals surface area contributed by atoms with Crippen LogP contribution in [0.5, 0.6) is 0 Å². The Morgan fingerprint density at radius 1 is 1.07 bits per heavy atom. The summed E-state index contributed by atoms with van der Waals surface area (Å²) in [6.45, 7) is 8.32. The molecule has 3 heterocycles. The monoisotopic (exact) mass is 397 g/mol. The summed E-state index contributed by atoms with van der Waals surface area (Å²) in [5.41, 5.74) is 1.05. The molecule has 1 amide bonds. The molecule has 0 aliphatic carbocycles. The van der Waals surface area contributed by atoms with Crippen molar-refractivity contribution in [3.8, 4) is 0 Å². The molecule has 29 heavy (non-hydrogen) atoms. The van der Waals surface area contributed by atoms with E-state index in [1.165, 1.54) is 12.5 Å². The van der Waals surface area contributed by atoms with Gasteiger partial charge in [-0.25, -0.2) is 14.4 Å². The summed E-state index contributed by atoms with van der Waals surface area (Å²) in [5, 5.41) is 0. The van der Waals surface area contributed by atoms with Crippen LogP contribution in [0, 0.1) is 18.7 Å². The van der Waals surface area contributed by atoms with Gasteiger partial charge in [0, 0.05) is 45.3 Å². The maximum absolute atomic E-state index is 14.0. The number of anilines is 2. The Bertz CT molecular complexity index is 881. The van der Waals surface area contributed by atoms with Crippen molar-refractivity contribution in [2.24, 2.45) is 5.92 Å². The molecule has 0 radical (unpaired) electrons. The molecule has 1 aromatic carbocycles. The second kappa shape index (κ2) is 8.35. The number of piperazine rings is 1. The van der Waals surface area contributed by atoms with Gasteiger partial charge >= 0.3 is 0 Å². The fourth-order valence-electron chi connectivity index (χ4n) is 4.24. The summed E-state index contributed by atoms with van der Waals surface area (Å²) in [6.07, 6.45) is 2.38. The second-order valence-electron chi connectivity index (χ2n) is 8.08. The molecule has 4 rings (SSSR count). The van der Waals surface area contributed by atoms with Gasteiger partial charge in [0.05, 0.1) is 5.69 Å². The highest BCUT2D eigenvalue weighted by Crippen LogP contribution is 2.23. The predicted molar refractivity (Wildman–Crippen MR) is 112 cm³/mol. The first-order chi connectivity index (χ1) is 14.0. The van der Waals surface area contributed by atoms with E-state index in [2.05, 4.69) is 21.8 Å². The van der Waals surface area contributed by atoms with Crippen molar-refractivity contribution in [3.63, 3.8) is 0 Å². The number of hydrogen-bond donors (Lipinski definition) is 0. The number of piperidine rings is 1. The molecule has 0 saturated carbocycles. The van der Waals surface area contributed by atoms with Crippen molar-refractivity contribution >= 4 is 17.4 Å². The molecule has 154 valence electrons. The van der Waals surface area contributed by atoms with Gasteiger partial charge in [-0.3, -0.25) is 4.79 Å². The number of aryl methyl sites for hydroxylation is 1. The number of benzene rings is 1. The van der Waals surface area contributed by atoms with E-state index >= 15 is 0 Å². The molecule has 2 aliphatic rings. The number of nitrogens with zero attached hydrogens (tertiary/aromatic N) is 5. The fourth-order valence-corrected chi connectivity index (χ4v) is 4.24. The van der Waals surface area contributed by atoms with E-state index in [0.717, 1.165) is 25.3 Å². The number of carbonyl (C=O) groups excluding carboxylic acids is 1. The van der Waals surface area contributed by atoms with Gasteiger partial charge < -0.3 is 14.7 Å². The van der Waals surface area contributed by atoms with Crippen LogP contribution in [0.1, 0.15) is 36.1 Å². The van der Waals surface area contributed by atoms with Gasteiger partial charge in [-0.15, -0.1) is 0 Å². The minimum absolute atomic E-state index is 0.0741. The third-order valence-corrected chi connectivity index (χ3v) is 5.78. The van der Waals surface area contributed by atoms with Crippen molar-refractivity contribution in [1.29, 1.82) is 0 Å². The molecule has 2 aliphatic heterocycles. The number of aromatic nitrogens is 2. The van der Waals surface area contributed by atoms with Gasteiger partial charge in [0.2, 0.25) is 0 Å². The van der Waals surface area contributed by atoms with Crippen molar-refractivity contribution < 1.29 is 9.18 Å². The van der Waals surface area contributed by atoms with Crippen LogP contribution in [-0.4, -0.2) is 60.0 Å². The van der Waals surface area contributed by atoms with Crippen LogP contribution in [-0.2, 0) is 0 Å². The minimum Gasteiger partial charge on any atom is -0.366 e.